The Morgan fingerprint density at radius 2 is 2.24 bits per heavy atom. The summed E-state index contributed by atoms with van der Waals surface area (Å²) in [7, 11) is 0. The van der Waals surface area contributed by atoms with Gasteiger partial charge in [-0.3, -0.25) is 4.98 Å². The summed E-state index contributed by atoms with van der Waals surface area (Å²) >= 11 is 0. The third kappa shape index (κ3) is 3.53. The number of pyridine rings is 1. The molecule has 2 nitrogen and oxygen atoms in total. The minimum Gasteiger partial charge on any atom is -0.389 e. The van der Waals surface area contributed by atoms with Crippen molar-refractivity contribution in [1.82, 2.24) is 4.98 Å². The van der Waals surface area contributed by atoms with E-state index in [1.54, 1.807) is 0 Å². The van der Waals surface area contributed by atoms with Gasteiger partial charge in [-0.2, -0.15) is 0 Å². The van der Waals surface area contributed by atoms with Gasteiger partial charge in [-0.1, -0.05) is 32.3 Å². The summed E-state index contributed by atoms with van der Waals surface area (Å²) in [4.78, 5) is 4.33. The first-order chi connectivity index (χ1) is 8.22. The normalized spacial score (nSPS) is 29.9. The summed E-state index contributed by atoms with van der Waals surface area (Å²) < 4.78 is 0. The Bertz CT molecular complexity index is 338. The highest BCUT2D eigenvalue weighted by atomic mass is 16.3. The number of hydrogen-bond acceptors (Lipinski definition) is 2. The summed E-state index contributed by atoms with van der Waals surface area (Å²) in [6, 6.07) is 5.94. The van der Waals surface area contributed by atoms with E-state index in [0.29, 0.717) is 6.42 Å². The number of aliphatic hydroxyl groups is 1. The van der Waals surface area contributed by atoms with Crippen LogP contribution in [0.5, 0.6) is 0 Å². The minimum absolute atomic E-state index is 0.516. The Morgan fingerprint density at radius 1 is 1.35 bits per heavy atom. The second-order valence-corrected chi connectivity index (χ2v) is 5.43. The van der Waals surface area contributed by atoms with Gasteiger partial charge in [0, 0.05) is 18.3 Å². The summed E-state index contributed by atoms with van der Waals surface area (Å²) in [5.74, 6) is 0.813. The molecule has 0 bridgehead atoms. The van der Waals surface area contributed by atoms with Crippen LogP contribution in [0.4, 0.5) is 0 Å². The van der Waals surface area contributed by atoms with Crippen LogP contribution in [0.3, 0.4) is 0 Å². The number of nitrogens with zero attached hydrogens (tertiary/aromatic N) is 1. The van der Waals surface area contributed by atoms with Crippen molar-refractivity contribution in [3.8, 4) is 0 Å². The Labute approximate surface area is 104 Å². The van der Waals surface area contributed by atoms with Crippen molar-refractivity contribution in [1.29, 1.82) is 0 Å². The third-order valence-corrected chi connectivity index (χ3v) is 4.09. The van der Waals surface area contributed by atoms with Gasteiger partial charge in [0.15, 0.2) is 0 Å². The minimum atomic E-state index is -0.516. The molecule has 1 saturated carbocycles. The topological polar surface area (TPSA) is 33.1 Å². The van der Waals surface area contributed by atoms with Gasteiger partial charge in [-0.05, 0) is 37.3 Å². The van der Waals surface area contributed by atoms with E-state index in [4.69, 9.17) is 0 Å². The lowest BCUT2D eigenvalue weighted by Crippen LogP contribution is -2.31. The Balaban J connectivity index is 1.99. The van der Waals surface area contributed by atoms with E-state index in [1.165, 1.54) is 19.3 Å². The molecule has 0 aromatic carbocycles. The fraction of sp³-hybridized carbons (Fsp3) is 0.667. The maximum Gasteiger partial charge on any atom is 0.0703 e. The monoisotopic (exact) mass is 233 g/mol. The van der Waals surface area contributed by atoms with E-state index in [0.717, 1.165) is 30.9 Å². The van der Waals surface area contributed by atoms with Gasteiger partial charge >= 0.3 is 0 Å². The molecule has 1 aromatic rings. The van der Waals surface area contributed by atoms with Crippen LogP contribution < -0.4 is 0 Å². The van der Waals surface area contributed by atoms with Gasteiger partial charge in [0.1, 0.15) is 0 Å². The Morgan fingerprint density at radius 3 is 2.94 bits per heavy atom. The lowest BCUT2D eigenvalue weighted by Gasteiger charge is -2.26. The maximum absolute atomic E-state index is 10.7. The average Bonchev–Trinajstić information content (AvgIpc) is 2.52. The van der Waals surface area contributed by atoms with Crippen LogP contribution in [0, 0.1) is 5.92 Å². The quantitative estimate of drug-likeness (QED) is 0.812. The zero-order chi connectivity index (χ0) is 12.1. The van der Waals surface area contributed by atoms with Crippen molar-refractivity contribution < 1.29 is 5.11 Å². The third-order valence-electron chi connectivity index (χ3n) is 4.09. The fourth-order valence-corrected chi connectivity index (χ4v) is 2.89. The molecule has 0 aliphatic heterocycles. The molecule has 1 aliphatic rings. The molecule has 17 heavy (non-hydrogen) atoms. The van der Waals surface area contributed by atoms with Crippen molar-refractivity contribution in [3.63, 3.8) is 0 Å². The fourth-order valence-electron chi connectivity index (χ4n) is 2.89. The van der Waals surface area contributed by atoms with E-state index >= 15 is 0 Å². The van der Waals surface area contributed by atoms with E-state index in [2.05, 4.69) is 11.9 Å². The summed E-state index contributed by atoms with van der Waals surface area (Å²) in [6.45, 7) is 2.26. The molecule has 0 spiro atoms. The molecule has 1 aromatic heterocycles. The molecule has 2 rings (SSSR count). The second-order valence-electron chi connectivity index (χ2n) is 5.43. The van der Waals surface area contributed by atoms with Gasteiger partial charge in [-0.25, -0.2) is 0 Å². The number of hydrogen-bond donors (Lipinski definition) is 1. The standard InChI is InChI=1S/C15H23NO/c1-2-13-6-5-9-15(17,10-8-13)12-14-7-3-4-11-16-14/h3-4,7,11,13,17H,2,5-6,8-10,12H2,1H3. The summed E-state index contributed by atoms with van der Waals surface area (Å²) in [5.41, 5.74) is 0.503. The first-order valence-electron chi connectivity index (χ1n) is 6.84. The molecular formula is C15H23NO. The van der Waals surface area contributed by atoms with Crippen LogP contribution in [-0.2, 0) is 6.42 Å². The van der Waals surface area contributed by atoms with Crippen molar-refractivity contribution in [3.05, 3.63) is 30.1 Å². The highest BCUT2D eigenvalue weighted by Gasteiger charge is 2.30. The van der Waals surface area contributed by atoms with Crippen molar-refractivity contribution in [2.45, 2.75) is 57.5 Å². The molecule has 1 heterocycles. The first kappa shape index (κ1) is 12.6. The smallest absolute Gasteiger partial charge is 0.0703 e. The molecule has 2 unspecified atom stereocenters. The highest BCUT2D eigenvalue weighted by Crippen LogP contribution is 2.33. The van der Waals surface area contributed by atoms with Gasteiger partial charge < -0.3 is 5.11 Å². The van der Waals surface area contributed by atoms with Gasteiger partial charge in [0.2, 0.25) is 0 Å². The molecule has 0 saturated heterocycles. The molecule has 2 atom stereocenters. The molecule has 94 valence electrons. The second kappa shape index (κ2) is 5.63. The Hall–Kier alpha value is -0.890. The van der Waals surface area contributed by atoms with Crippen molar-refractivity contribution >= 4 is 0 Å². The van der Waals surface area contributed by atoms with Crippen LogP contribution in [0.2, 0.25) is 0 Å². The van der Waals surface area contributed by atoms with E-state index in [1.807, 2.05) is 24.4 Å². The lowest BCUT2D eigenvalue weighted by molar-refractivity contribution is 0.0233. The lowest BCUT2D eigenvalue weighted by atomic mass is 9.88. The molecule has 2 heteroatoms. The summed E-state index contributed by atoms with van der Waals surface area (Å²) in [5, 5.41) is 10.7. The van der Waals surface area contributed by atoms with Crippen LogP contribution in [0.15, 0.2) is 24.4 Å². The van der Waals surface area contributed by atoms with E-state index in [-0.39, 0.29) is 0 Å². The van der Waals surface area contributed by atoms with Gasteiger partial charge in [0.05, 0.1) is 5.60 Å². The highest BCUT2D eigenvalue weighted by molar-refractivity contribution is 5.07. The molecular weight excluding hydrogens is 210 g/mol. The number of rotatable bonds is 3. The summed E-state index contributed by atoms with van der Waals surface area (Å²) in [6.07, 6.45) is 9.24. The molecule has 1 N–H and O–H groups in total. The number of aromatic nitrogens is 1. The van der Waals surface area contributed by atoms with Gasteiger partial charge in [0.25, 0.3) is 0 Å². The predicted molar refractivity (Wildman–Crippen MR) is 69.8 cm³/mol. The SMILES string of the molecule is CCC1CCCC(O)(Cc2ccccn2)CC1. The van der Waals surface area contributed by atoms with E-state index in [9.17, 15) is 5.11 Å². The molecule has 1 fully saturated rings. The first-order valence-corrected chi connectivity index (χ1v) is 6.84. The van der Waals surface area contributed by atoms with E-state index < -0.39 is 5.60 Å². The van der Waals surface area contributed by atoms with Crippen LogP contribution in [-0.4, -0.2) is 15.7 Å². The van der Waals surface area contributed by atoms with Crippen LogP contribution in [0.1, 0.15) is 51.1 Å². The van der Waals surface area contributed by atoms with Crippen molar-refractivity contribution in [2.75, 3.05) is 0 Å². The van der Waals surface area contributed by atoms with Crippen LogP contribution in [0.25, 0.3) is 0 Å². The predicted octanol–water partition coefficient (Wildman–Crippen LogP) is 3.35. The van der Waals surface area contributed by atoms with Crippen LogP contribution >= 0.6 is 0 Å². The van der Waals surface area contributed by atoms with Crippen molar-refractivity contribution in [2.24, 2.45) is 5.92 Å². The molecule has 0 amide bonds. The average molecular weight is 233 g/mol. The molecule has 0 radical (unpaired) electrons. The zero-order valence-electron chi connectivity index (χ0n) is 10.7. The van der Waals surface area contributed by atoms with Gasteiger partial charge in [-0.15, -0.1) is 0 Å². The Kier molecular flexibility index (Phi) is 4.16. The largest absolute Gasteiger partial charge is 0.389 e. The maximum atomic E-state index is 10.7. The zero-order valence-corrected chi connectivity index (χ0v) is 10.7. The molecule has 1 aliphatic carbocycles.